The van der Waals surface area contributed by atoms with E-state index < -0.39 is 10.0 Å². The van der Waals surface area contributed by atoms with Crippen molar-refractivity contribution in [1.82, 2.24) is 5.32 Å². The molecule has 3 aromatic carbocycles. The number of carbonyl (C=O) groups is 1. The summed E-state index contributed by atoms with van der Waals surface area (Å²) in [5, 5.41) is 3.14. The Bertz CT molecular complexity index is 1350. The van der Waals surface area contributed by atoms with Crippen molar-refractivity contribution in [2.75, 3.05) is 4.72 Å². The average Bonchev–Trinajstić information content (AvgIpc) is 2.85. The van der Waals surface area contributed by atoms with Crippen molar-refractivity contribution in [3.05, 3.63) is 89.0 Å². The predicted octanol–water partition coefficient (Wildman–Crippen LogP) is 5.92. The lowest BCUT2D eigenvalue weighted by Crippen LogP contribution is -2.44. The maximum atomic E-state index is 13.3. The molecule has 2 N–H and O–H groups in total. The van der Waals surface area contributed by atoms with Crippen LogP contribution in [0.3, 0.4) is 0 Å². The maximum Gasteiger partial charge on any atom is 0.262 e. The van der Waals surface area contributed by atoms with Crippen LogP contribution in [0, 0.1) is 13.8 Å². The summed E-state index contributed by atoms with van der Waals surface area (Å²) < 4.78 is 35.4. The molecule has 0 aliphatic carbocycles. The van der Waals surface area contributed by atoms with Gasteiger partial charge in [-0.25, -0.2) is 8.42 Å². The predicted molar refractivity (Wildman–Crippen MR) is 138 cm³/mol. The molecular formula is C28H32N2O4S. The molecular weight excluding hydrogens is 460 g/mol. The average molecular weight is 493 g/mol. The third-order valence-electron chi connectivity index (χ3n) is 6.92. The Labute approximate surface area is 207 Å². The fourth-order valence-electron chi connectivity index (χ4n) is 4.59. The van der Waals surface area contributed by atoms with E-state index in [-0.39, 0.29) is 22.4 Å². The number of aryl methyl sites for hydroxylation is 2. The van der Waals surface area contributed by atoms with Crippen LogP contribution in [0.4, 0.5) is 5.69 Å². The summed E-state index contributed by atoms with van der Waals surface area (Å²) in [7, 11) is -3.88. The summed E-state index contributed by atoms with van der Waals surface area (Å²) in [6, 6.07) is 19.5. The SMILES string of the molecule is CCC1(CC)C[C@@H](NC(=O)c2ccc(C)c(S(=O)(=O)Nc3ccccc3C)c2)c2ccccc2O1. The Morgan fingerprint density at radius 3 is 2.37 bits per heavy atom. The summed E-state index contributed by atoms with van der Waals surface area (Å²) >= 11 is 0. The lowest BCUT2D eigenvalue weighted by atomic mass is 9.83. The quantitative estimate of drug-likeness (QED) is 0.429. The van der Waals surface area contributed by atoms with Crippen LogP contribution in [-0.4, -0.2) is 19.9 Å². The number of rotatable bonds is 7. The van der Waals surface area contributed by atoms with Crippen molar-refractivity contribution in [2.24, 2.45) is 0 Å². The van der Waals surface area contributed by atoms with Crippen molar-refractivity contribution >= 4 is 21.6 Å². The highest BCUT2D eigenvalue weighted by Gasteiger charge is 2.39. The minimum Gasteiger partial charge on any atom is -0.487 e. The minimum absolute atomic E-state index is 0.0808. The van der Waals surface area contributed by atoms with Crippen LogP contribution in [-0.2, 0) is 10.0 Å². The second-order valence-electron chi connectivity index (χ2n) is 9.16. The van der Waals surface area contributed by atoms with Crippen molar-refractivity contribution in [2.45, 2.75) is 63.5 Å². The Morgan fingerprint density at radius 1 is 0.971 bits per heavy atom. The number of hydrogen-bond acceptors (Lipinski definition) is 4. The third-order valence-corrected chi connectivity index (χ3v) is 8.43. The van der Waals surface area contributed by atoms with Gasteiger partial charge < -0.3 is 10.1 Å². The van der Waals surface area contributed by atoms with E-state index >= 15 is 0 Å². The molecule has 35 heavy (non-hydrogen) atoms. The number of para-hydroxylation sites is 2. The van der Waals surface area contributed by atoms with E-state index in [0.29, 0.717) is 23.2 Å². The summed E-state index contributed by atoms with van der Waals surface area (Å²) in [6.45, 7) is 7.75. The molecule has 0 saturated heterocycles. The minimum atomic E-state index is -3.88. The number of fused-ring (bicyclic) bond motifs is 1. The van der Waals surface area contributed by atoms with Gasteiger partial charge >= 0.3 is 0 Å². The Hall–Kier alpha value is -3.32. The largest absolute Gasteiger partial charge is 0.487 e. The summed E-state index contributed by atoms with van der Waals surface area (Å²) in [5.74, 6) is 0.461. The molecule has 1 heterocycles. The number of carbonyl (C=O) groups excluding carboxylic acids is 1. The lowest BCUT2D eigenvalue weighted by molar-refractivity contribution is 0.0227. The summed E-state index contributed by atoms with van der Waals surface area (Å²) in [5.41, 5.74) is 2.76. The smallest absolute Gasteiger partial charge is 0.262 e. The fraction of sp³-hybridized carbons (Fsp3) is 0.321. The molecule has 0 saturated carbocycles. The van der Waals surface area contributed by atoms with Crippen molar-refractivity contribution < 1.29 is 17.9 Å². The van der Waals surface area contributed by atoms with Crippen LogP contribution in [0.1, 0.15) is 66.2 Å². The number of hydrogen-bond donors (Lipinski definition) is 2. The molecule has 0 fully saturated rings. The second-order valence-corrected chi connectivity index (χ2v) is 10.8. The molecule has 0 spiro atoms. The summed E-state index contributed by atoms with van der Waals surface area (Å²) in [6.07, 6.45) is 2.29. The summed E-state index contributed by atoms with van der Waals surface area (Å²) in [4.78, 5) is 13.4. The number of anilines is 1. The maximum absolute atomic E-state index is 13.3. The normalized spacial score (nSPS) is 16.6. The number of sulfonamides is 1. The molecule has 0 radical (unpaired) electrons. The van der Waals surface area contributed by atoms with E-state index in [1.54, 1.807) is 31.2 Å². The van der Waals surface area contributed by atoms with Crippen LogP contribution < -0.4 is 14.8 Å². The van der Waals surface area contributed by atoms with Gasteiger partial charge in [-0.2, -0.15) is 0 Å². The molecule has 7 heteroatoms. The van der Waals surface area contributed by atoms with E-state index in [0.717, 1.165) is 29.7 Å². The molecule has 184 valence electrons. The van der Waals surface area contributed by atoms with Gasteiger partial charge in [-0.1, -0.05) is 56.3 Å². The van der Waals surface area contributed by atoms with Crippen LogP contribution in [0.5, 0.6) is 5.75 Å². The van der Waals surface area contributed by atoms with E-state index in [9.17, 15) is 13.2 Å². The zero-order valence-electron chi connectivity index (χ0n) is 20.6. The highest BCUT2D eigenvalue weighted by Crippen LogP contribution is 2.42. The van der Waals surface area contributed by atoms with E-state index in [4.69, 9.17) is 4.74 Å². The number of ether oxygens (including phenoxy) is 1. The zero-order chi connectivity index (χ0) is 25.2. The third kappa shape index (κ3) is 5.05. The first-order valence-electron chi connectivity index (χ1n) is 12.0. The highest BCUT2D eigenvalue weighted by molar-refractivity contribution is 7.92. The molecule has 0 bridgehead atoms. The molecule has 1 amide bonds. The van der Waals surface area contributed by atoms with Gasteiger partial charge in [0.05, 0.1) is 16.6 Å². The number of amides is 1. The molecule has 0 unspecified atom stereocenters. The van der Waals surface area contributed by atoms with Crippen molar-refractivity contribution in [3.8, 4) is 5.75 Å². The number of benzene rings is 3. The van der Waals surface area contributed by atoms with Gasteiger partial charge in [-0.3, -0.25) is 9.52 Å². The lowest BCUT2D eigenvalue weighted by Gasteiger charge is -2.41. The Kier molecular flexibility index (Phi) is 6.90. The zero-order valence-corrected chi connectivity index (χ0v) is 21.4. The van der Waals surface area contributed by atoms with Gasteiger partial charge in [0.1, 0.15) is 11.4 Å². The van der Waals surface area contributed by atoms with E-state index in [1.807, 2.05) is 43.3 Å². The Balaban J connectivity index is 1.63. The monoisotopic (exact) mass is 492 g/mol. The number of nitrogens with one attached hydrogen (secondary N) is 2. The van der Waals surface area contributed by atoms with Gasteiger partial charge in [0, 0.05) is 17.5 Å². The van der Waals surface area contributed by atoms with Crippen molar-refractivity contribution in [3.63, 3.8) is 0 Å². The van der Waals surface area contributed by atoms with Crippen LogP contribution >= 0.6 is 0 Å². The van der Waals surface area contributed by atoms with Crippen molar-refractivity contribution in [1.29, 1.82) is 0 Å². The van der Waals surface area contributed by atoms with E-state index in [1.165, 1.54) is 6.07 Å². The van der Waals surface area contributed by atoms with Crippen LogP contribution in [0.15, 0.2) is 71.6 Å². The molecule has 3 aromatic rings. The molecule has 6 nitrogen and oxygen atoms in total. The molecule has 1 aliphatic rings. The van der Waals surface area contributed by atoms with Gasteiger partial charge in [-0.05, 0) is 62.1 Å². The van der Waals surface area contributed by atoms with Crippen LogP contribution in [0.2, 0.25) is 0 Å². The topological polar surface area (TPSA) is 84.5 Å². The highest BCUT2D eigenvalue weighted by atomic mass is 32.2. The van der Waals surface area contributed by atoms with Gasteiger partial charge in [0.15, 0.2) is 0 Å². The first-order chi connectivity index (χ1) is 16.7. The van der Waals surface area contributed by atoms with Gasteiger partial charge in [0.25, 0.3) is 15.9 Å². The first kappa shape index (κ1) is 24.8. The second kappa shape index (κ2) is 9.74. The first-order valence-corrected chi connectivity index (χ1v) is 13.4. The van der Waals surface area contributed by atoms with Gasteiger partial charge in [0.2, 0.25) is 0 Å². The standard InChI is InChI=1S/C28H32N2O4S/c1-5-28(6-2)18-24(22-12-8-10-14-25(22)34-28)29-27(31)21-16-15-20(4)26(17-21)35(32,33)30-23-13-9-7-11-19(23)3/h7-17,24,30H,5-6,18H2,1-4H3,(H,29,31)/t24-/m1/s1. The molecule has 1 aliphatic heterocycles. The fourth-order valence-corrected chi connectivity index (χ4v) is 5.99. The van der Waals surface area contributed by atoms with E-state index in [2.05, 4.69) is 23.9 Å². The molecule has 0 aromatic heterocycles. The molecule has 4 rings (SSSR count). The van der Waals surface area contributed by atoms with Gasteiger partial charge in [-0.15, -0.1) is 0 Å². The molecule has 1 atom stereocenters. The van der Waals surface area contributed by atoms with Crippen LogP contribution in [0.25, 0.3) is 0 Å². The Morgan fingerprint density at radius 2 is 1.66 bits per heavy atom.